The molecular formula is C14H17N3O4. The van der Waals surface area contributed by atoms with Gasteiger partial charge < -0.3 is 9.47 Å². The van der Waals surface area contributed by atoms with Crippen molar-refractivity contribution < 1.29 is 19.1 Å². The van der Waals surface area contributed by atoms with Crippen LogP contribution < -0.4 is 0 Å². The molecule has 1 N–H and O–H groups in total. The third-order valence-corrected chi connectivity index (χ3v) is 2.83. The van der Waals surface area contributed by atoms with Crippen molar-refractivity contribution in [3.63, 3.8) is 0 Å². The summed E-state index contributed by atoms with van der Waals surface area (Å²) in [6.45, 7) is 4.01. The minimum Gasteiger partial charge on any atom is -0.463 e. The van der Waals surface area contributed by atoms with Gasteiger partial charge in [-0.15, -0.1) is 0 Å². The van der Waals surface area contributed by atoms with Gasteiger partial charge in [-0.05, 0) is 30.5 Å². The van der Waals surface area contributed by atoms with Gasteiger partial charge in [-0.25, -0.2) is 9.59 Å². The van der Waals surface area contributed by atoms with Crippen molar-refractivity contribution in [2.45, 2.75) is 20.3 Å². The average molecular weight is 291 g/mol. The molecule has 1 heterocycles. The number of nitrogens with one attached hydrogen (secondary N) is 1. The van der Waals surface area contributed by atoms with Gasteiger partial charge in [0, 0.05) is 0 Å². The molecule has 112 valence electrons. The maximum absolute atomic E-state index is 11.8. The number of ether oxygens (including phenoxy) is 2. The van der Waals surface area contributed by atoms with Gasteiger partial charge in [0.25, 0.3) is 0 Å². The molecule has 0 amide bonds. The van der Waals surface area contributed by atoms with E-state index >= 15 is 0 Å². The molecule has 0 aliphatic rings. The predicted octanol–water partition coefficient (Wildman–Crippen LogP) is 1.70. The van der Waals surface area contributed by atoms with Crippen LogP contribution in [0.25, 0.3) is 11.0 Å². The standard InChI is InChI=1S/C14H17N3O4/c1-9(2)5-6-20-13(18)8-21-14(19)10-3-4-11-12(7-10)16-17-15-11/h3-4,7,9H,5-6,8H2,1-2H3,(H,15,16,17). The fraction of sp³-hybridized carbons (Fsp3) is 0.429. The monoisotopic (exact) mass is 291 g/mol. The van der Waals surface area contributed by atoms with Crippen LogP contribution in [0.1, 0.15) is 30.6 Å². The number of esters is 2. The Morgan fingerprint density at radius 1 is 1.19 bits per heavy atom. The topological polar surface area (TPSA) is 94.2 Å². The lowest BCUT2D eigenvalue weighted by Crippen LogP contribution is -2.17. The Bertz CT molecular complexity index is 636. The molecule has 0 unspecified atom stereocenters. The van der Waals surface area contributed by atoms with E-state index in [-0.39, 0.29) is 0 Å². The van der Waals surface area contributed by atoms with Crippen LogP contribution in [0.2, 0.25) is 0 Å². The van der Waals surface area contributed by atoms with Gasteiger partial charge in [0.15, 0.2) is 6.61 Å². The second-order valence-corrected chi connectivity index (χ2v) is 5.01. The molecule has 2 rings (SSSR count). The second kappa shape index (κ2) is 6.83. The zero-order valence-electron chi connectivity index (χ0n) is 12.0. The SMILES string of the molecule is CC(C)CCOC(=O)COC(=O)c1ccc2n[nH]nc2c1. The van der Waals surface area contributed by atoms with Crippen molar-refractivity contribution in [2.75, 3.05) is 13.2 Å². The Labute approximate surface area is 121 Å². The zero-order chi connectivity index (χ0) is 15.2. The molecule has 0 aliphatic carbocycles. The van der Waals surface area contributed by atoms with E-state index in [4.69, 9.17) is 9.47 Å². The Hall–Kier alpha value is -2.44. The first-order chi connectivity index (χ1) is 10.1. The van der Waals surface area contributed by atoms with Crippen molar-refractivity contribution in [1.82, 2.24) is 15.4 Å². The van der Waals surface area contributed by atoms with Crippen molar-refractivity contribution in [3.8, 4) is 0 Å². The summed E-state index contributed by atoms with van der Waals surface area (Å²) in [6, 6.07) is 4.76. The van der Waals surface area contributed by atoms with Crippen molar-refractivity contribution in [1.29, 1.82) is 0 Å². The molecular weight excluding hydrogens is 274 g/mol. The highest BCUT2D eigenvalue weighted by Gasteiger charge is 2.12. The summed E-state index contributed by atoms with van der Waals surface area (Å²) >= 11 is 0. The molecule has 0 saturated carbocycles. The number of nitrogens with zero attached hydrogens (tertiary/aromatic N) is 2. The average Bonchev–Trinajstić information content (AvgIpc) is 2.91. The summed E-state index contributed by atoms with van der Waals surface area (Å²) in [5.74, 6) is -0.693. The van der Waals surface area contributed by atoms with Crippen LogP contribution in [0.15, 0.2) is 18.2 Å². The summed E-state index contributed by atoms with van der Waals surface area (Å²) in [7, 11) is 0. The van der Waals surface area contributed by atoms with Crippen molar-refractivity contribution in [3.05, 3.63) is 23.8 Å². The number of benzene rings is 1. The zero-order valence-corrected chi connectivity index (χ0v) is 12.0. The number of aromatic nitrogens is 3. The lowest BCUT2D eigenvalue weighted by molar-refractivity contribution is -0.147. The molecule has 2 aromatic rings. The van der Waals surface area contributed by atoms with Gasteiger partial charge in [0.2, 0.25) is 0 Å². The normalized spacial score (nSPS) is 10.8. The van der Waals surface area contributed by atoms with Gasteiger partial charge in [0.1, 0.15) is 11.0 Å². The number of H-pyrrole nitrogens is 1. The van der Waals surface area contributed by atoms with Crippen LogP contribution in [0, 0.1) is 5.92 Å². The summed E-state index contributed by atoms with van der Waals surface area (Å²) < 4.78 is 9.85. The van der Waals surface area contributed by atoms with Crippen molar-refractivity contribution >= 4 is 23.0 Å². The molecule has 0 radical (unpaired) electrons. The summed E-state index contributed by atoms with van der Waals surface area (Å²) in [5, 5.41) is 10.2. The fourth-order valence-electron chi connectivity index (χ4n) is 1.63. The maximum Gasteiger partial charge on any atom is 0.344 e. The fourth-order valence-corrected chi connectivity index (χ4v) is 1.63. The summed E-state index contributed by atoms with van der Waals surface area (Å²) in [5.41, 5.74) is 1.52. The first-order valence-electron chi connectivity index (χ1n) is 6.69. The summed E-state index contributed by atoms with van der Waals surface area (Å²) in [4.78, 5) is 23.2. The van der Waals surface area contributed by atoms with Crippen LogP contribution in [0.4, 0.5) is 0 Å². The van der Waals surface area contributed by atoms with Crippen molar-refractivity contribution in [2.24, 2.45) is 5.92 Å². The molecule has 1 aromatic heterocycles. The number of hydrogen-bond acceptors (Lipinski definition) is 6. The largest absolute Gasteiger partial charge is 0.463 e. The van der Waals surface area contributed by atoms with E-state index in [1.54, 1.807) is 18.2 Å². The van der Waals surface area contributed by atoms with Gasteiger partial charge in [-0.2, -0.15) is 15.4 Å². The first-order valence-corrected chi connectivity index (χ1v) is 6.69. The number of aromatic amines is 1. The molecule has 1 aromatic carbocycles. The molecule has 0 spiro atoms. The molecule has 0 aliphatic heterocycles. The molecule has 0 fully saturated rings. The molecule has 7 nitrogen and oxygen atoms in total. The highest BCUT2D eigenvalue weighted by molar-refractivity contribution is 5.94. The van der Waals surface area contributed by atoms with E-state index in [1.165, 1.54) is 0 Å². The van der Waals surface area contributed by atoms with Gasteiger partial charge in [-0.1, -0.05) is 13.8 Å². The molecule has 0 atom stereocenters. The van der Waals surface area contributed by atoms with Gasteiger partial charge in [-0.3, -0.25) is 0 Å². The van der Waals surface area contributed by atoms with E-state index in [1.807, 2.05) is 13.8 Å². The number of fused-ring (bicyclic) bond motifs is 1. The van der Waals surface area contributed by atoms with E-state index in [2.05, 4.69) is 15.4 Å². The smallest absolute Gasteiger partial charge is 0.344 e. The number of rotatable bonds is 6. The van der Waals surface area contributed by atoms with E-state index < -0.39 is 18.5 Å². The molecule has 21 heavy (non-hydrogen) atoms. The highest BCUT2D eigenvalue weighted by atomic mass is 16.6. The highest BCUT2D eigenvalue weighted by Crippen LogP contribution is 2.11. The van der Waals surface area contributed by atoms with Gasteiger partial charge >= 0.3 is 11.9 Å². The Kier molecular flexibility index (Phi) is 4.86. The first kappa shape index (κ1) is 15.0. The maximum atomic E-state index is 11.8. The molecule has 0 bridgehead atoms. The lowest BCUT2D eigenvalue weighted by atomic mass is 10.1. The second-order valence-electron chi connectivity index (χ2n) is 5.01. The van der Waals surface area contributed by atoms with Gasteiger partial charge in [0.05, 0.1) is 12.2 Å². The Morgan fingerprint density at radius 3 is 2.71 bits per heavy atom. The quantitative estimate of drug-likeness (QED) is 0.814. The Balaban J connectivity index is 1.82. The lowest BCUT2D eigenvalue weighted by Gasteiger charge is -2.07. The van der Waals surface area contributed by atoms with Crippen LogP contribution >= 0.6 is 0 Å². The predicted molar refractivity (Wildman–Crippen MR) is 74.6 cm³/mol. The molecule has 7 heteroatoms. The minimum atomic E-state index is -0.597. The third kappa shape index (κ3) is 4.27. The summed E-state index contributed by atoms with van der Waals surface area (Å²) in [6.07, 6.45) is 0.780. The van der Waals surface area contributed by atoms with Crippen LogP contribution in [-0.2, 0) is 14.3 Å². The minimum absolute atomic E-state index is 0.311. The van der Waals surface area contributed by atoms with Crippen LogP contribution in [0.3, 0.4) is 0 Å². The number of carbonyl (C=O) groups is 2. The van der Waals surface area contributed by atoms with E-state index in [9.17, 15) is 9.59 Å². The number of carbonyl (C=O) groups excluding carboxylic acids is 2. The van der Waals surface area contributed by atoms with E-state index in [0.717, 1.165) is 6.42 Å². The van der Waals surface area contributed by atoms with Crippen LogP contribution in [-0.4, -0.2) is 40.6 Å². The Morgan fingerprint density at radius 2 is 1.95 bits per heavy atom. The molecule has 0 saturated heterocycles. The number of hydrogen-bond donors (Lipinski definition) is 1. The van der Waals surface area contributed by atoms with E-state index in [0.29, 0.717) is 29.1 Å². The van der Waals surface area contributed by atoms with Crippen LogP contribution in [0.5, 0.6) is 0 Å². The third-order valence-electron chi connectivity index (χ3n) is 2.83.